The quantitative estimate of drug-likeness (QED) is 0.159. The molecule has 0 fully saturated rings. The predicted molar refractivity (Wildman–Crippen MR) is 144 cm³/mol. The number of carbonyl (C=O) groups is 2. The van der Waals surface area contributed by atoms with Crippen LogP contribution in [0.5, 0.6) is 11.5 Å². The van der Waals surface area contributed by atoms with E-state index < -0.39 is 25.9 Å². The largest absolute Gasteiger partial charge is 0.507 e. The molecule has 1 heterocycles. The molecule has 38 heavy (non-hydrogen) atoms. The highest BCUT2D eigenvalue weighted by atomic mass is 31.1. The van der Waals surface area contributed by atoms with Crippen molar-refractivity contribution in [2.24, 2.45) is 0 Å². The van der Waals surface area contributed by atoms with Crippen LogP contribution in [-0.4, -0.2) is 47.5 Å². The van der Waals surface area contributed by atoms with E-state index in [0.717, 1.165) is 27.1 Å². The van der Waals surface area contributed by atoms with Gasteiger partial charge in [0, 0.05) is 11.1 Å². The lowest BCUT2D eigenvalue weighted by Crippen LogP contribution is -2.38. The Hall–Kier alpha value is -3.13. The fourth-order valence-electron chi connectivity index (χ4n) is 4.34. The Balaban J connectivity index is 1.66. The number of nitrogens with zero attached hydrogens (tertiary/aromatic N) is 1. The molecule has 206 valence electrons. The van der Waals surface area contributed by atoms with Gasteiger partial charge in [-0.3, -0.25) is 4.79 Å². The van der Waals surface area contributed by atoms with E-state index in [9.17, 15) is 19.3 Å². The number of esters is 2. The number of allylic oxidation sites excluding steroid dienone is 1. The zero-order valence-electron chi connectivity index (χ0n) is 22.5. The SMILES string of the molecule is CCOC(=O)C(C)N(Oc1ccccc1)[PH](=O)COCC(C)=CCc1c(O)c2c(c(C)c1CC)COC2=O. The number of rotatable bonds is 13. The van der Waals surface area contributed by atoms with E-state index in [2.05, 4.69) is 0 Å². The molecule has 2 aromatic rings. The number of para-hydroxylation sites is 1. The molecule has 0 spiro atoms. The van der Waals surface area contributed by atoms with E-state index in [1.165, 1.54) is 0 Å². The number of hydrogen-bond acceptors (Lipinski definition) is 8. The first-order valence-electron chi connectivity index (χ1n) is 12.7. The molecular weight excluding hydrogens is 509 g/mol. The Bertz CT molecular complexity index is 1210. The topological polar surface area (TPSA) is 112 Å². The molecule has 0 radical (unpaired) electrons. The Labute approximate surface area is 224 Å². The highest BCUT2D eigenvalue weighted by Gasteiger charge is 2.31. The third kappa shape index (κ3) is 6.84. The van der Waals surface area contributed by atoms with E-state index >= 15 is 0 Å². The number of cyclic esters (lactones) is 1. The van der Waals surface area contributed by atoms with E-state index in [1.54, 1.807) is 38.1 Å². The number of aromatic hydroxyl groups is 1. The smallest absolute Gasteiger partial charge is 0.342 e. The molecule has 10 heteroatoms. The fraction of sp³-hybridized carbons (Fsp3) is 0.429. The third-order valence-corrected chi connectivity index (χ3v) is 7.80. The Morgan fingerprint density at radius 3 is 2.61 bits per heavy atom. The lowest BCUT2D eigenvalue weighted by atomic mass is 9.89. The molecule has 2 unspecified atom stereocenters. The Morgan fingerprint density at radius 2 is 1.95 bits per heavy atom. The van der Waals surface area contributed by atoms with Gasteiger partial charge in [0.05, 0.1) is 13.2 Å². The predicted octanol–water partition coefficient (Wildman–Crippen LogP) is 5.12. The van der Waals surface area contributed by atoms with Crippen LogP contribution in [0.1, 0.15) is 60.3 Å². The average molecular weight is 546 g/mol. The van der Waals surface area contributed by atoms with Gasteiger partial charge in [-0.1, -0.05) is 41.6 Å². The number of phenols is 1. The first-order chi connectivity index (χ1) is 18.2. The molecule has 1 N–H and O–H groups in total. The van der Waals surface area contributed by atoms with E-state index in [-0.39, 0.29) is 37.5 Å². The van der Waals surface area contributed by atoms with Gasteiger partial charge in [0.15, 0.2) is 7.95 Å². The van der Waals surface area contributed by atoms with Crippen LogP contribution in [0.4, 0.5) is 0 Å². The number of ether oxygens (including phenoxy) is 3. The lowest BCUT2D eigenvalue weighted by Gasteiger charge is -2.26. The molecule has 2 aromatic carbocycles. The van der Waals surface area contributed by atoms with E-state index in [4.69, 9.17) is 19.0 Å². The van der Waals surface area contributed by atoms with Gasteiger partial charge in [-0.2, -0.15) is 0 Å². The van der Waals surface area contributed by atoms with Crippen molar-refractivity contribution in [3.8, 4) is 11.5 Å². The van der Waals surface area contributed by atoms with Crippen molar-refractivity contribution < 1.29 is 38.3 Å². The van der Waals surface area contributed by atoms with Crippen LogP contribution in [0.25, 0.3) is 0 Å². The van der Waals surface area contributed by atoms with Gasteiger partial charge in [-0.25, -0.2) is 4.79 Å². The Kier molecular flexibility index (Phi) is 10.5. The zero-order valence-corrected chi connectivity index (χ0v) is 23.5. The van der Waals surface area contributed by atoms with Gasteiger partial charge in [-0.05, 0) is 63.8 Å². The van der Waals surface area contributed by atoms with Crippen molar-refractivity contribution in [2.45, 2.75) is 60.1 Å². The van der Waals surface area contributed by atoms with E-state index in [0.29, 0.717) is 24.2 Å². The summed E-state index contributed by atoms with van der Waals surface area (Å²) in [6, 6.07) is 7.89. The summed E-state index contributed by atoms with van der Waals surface area (Å²) in [7, 11) is -2.67. The molecule has 0 amide bonds. The van der Waals surface area contributed by atoms with Crippen LogP contribution >= 0.6 is 7.95 Å². The fourth-order valence-corrected chi connectivity index (χ4v) is 5.49. The maximum atomic E-state index is 13.1. The van der Waals surface area contributed by atoms with Crippen molar-refractivity contribution in [2.75, 3.05) is 19.6 Å². The molecule has 0 saturated carbocycles. The number of carbonyl (C=O) groups excluding carboxylic acids is 2. The summed E-state index contributed by atoms with van der Waals surface area (Å²) in [6.07, 6.45) is 2.89. The highest BCUT2D eigenvalue weighted by Crippen LogP contribution is 2.38. The second-order valence-corrected chi connectivity index (χ2v) is 10.5. The second kappa shape index (κ2) is 13.6. The lowest BCUT2D eigenvalue weighted by molar-refractivity contribution is -0.153. The van der Waals surface area contributed by atoms with Crippen molar-refractivity contribution in [3.63, 3.8) is 0 Å². The summed E-state index contributed by atoms with van der Waals surface area (Å²) in [5.41, 5.74) is 4.52. The van der Waals surface area contributed by atoms with Crippen LogP contribution in [0, 0.1) is 6.92 Å². The average Bonchev–Trinajstić information content (AvgIpc) is 3.30. The van der Waals surface area contributed by atoms with Gasteiger partial charge in [0.25, 0.3) is 0 Å². The minimum atomic E-state index is -2.67. The number of hydroxylamine groups is 1. The van der Waals surface area contributed by atoms with Crippen molar-refractivity contribution in [1.82, 2.24) is 4.83 Å². The maximum absolute atomic E-state index is 13.1. The minimum absolute atomic E-state index is 0.0263. The molecule has 0 aliphatic carbocycles. The maximum Gasteiger partial charge on any atom is 0.342 e. The standard InChI is InChI=1S/C28H36NO8P/c1-6-22-19(4)24-16-36-28(32)25(24)26(30)23(22)14-13-18(3)15-34-17-38(33)29(20(5)27(31)35-7-2)37-21-11-9-8-10-12-21/h8-13,20,30,38H,6-7,14-17H2,1-5H3. The van der Waals surface area contributed by atoms with Crippen LogP contribution < -0.4 is 4.84 Å². The number of fused-ring (bicyclic) bond motifs is 1. The summed E-state index contributed by atoms with van der Waals surface area (Å²) >= 11 is 0. The molecule has 3 rings (SSSR count). The summed E-state index contributed by atoms with van der Waals surface area (Å²) in [6.45, 7) is 9.67. The summed E-state index contributed by atoms with van der Waals surface area (Å²) < 4.78 is 29.0. The highest BCUT2D eigenvalue weighted by molar-refractivity contribution is 7.41. The molecular formula is C28H36NO8P. The second-order valence-electron chi connectivity index (χ2n) is 9.01. The molecule has 0 saturated heterocycles. The van der Waals surface area contributed by atoms with Gasteiger partial charge in [-0.15, -0.1) is 0 Å². The normalized spacial score (nSPS) is 14.7. The molecule has 9 nitrogen and oxygen atoms in total. The summed E-state index contributed by atoms with van der Waals surface area (Å²) in [4.78, 5) is 31.4. The van der Waals surface area contributed by atoms with Crippen LogP contribution in [0.2, 0.25) is 0 Å². The van der Waals surface area contributed by atoms with Crippen molar-refractivity contribution in [3.05, 3.63) is 69.8 Å². The summed E-state index contributed by atoms with van der Waals surface area (Å²) in [5, 5.41) is 10.8. The number of phenolic OH excluding ortho intramolecular Hbond substituents is 1. The molecule has 0 bridgehead atoms. The van der Waals surface area contributed by atoms with Gasteiger partial charge in [0.2, 0.25) is 0 Å². The summed E-state index contributed by atoms with van der Waals surface area (Å²) in [5.74, 6) is -0.629. The first-order valence-corrected chi connectivity index (χ1v) is 14.2. The van der Waals surface area contributed by atoms with Gasteiger partial charge >= 0.3 is 11.9 Å². The number of benzene rings is 2. The van der Waals surface area contributed by atoms with Crippen molar-refractivity contribution in [1.29, 1.82) is 0 Å². The van der Waals surface area contributed by atoms with E-state index in [1.807, 2.05) is 32.9 Å². The third-order valence-electron chi connectivity index (χ3n) is 6.38. The van der Waals surface area contributed by atoms with Crippen molar-refractivity contribution >= 4 is 19.9 Å². The molecule has 1 aliphatic heterocycles. The monoisotopic (exact) mass is 545 g/mol. The first kappa shape index (κ1) is 29.4. The van der Waals surface area contributed by atoms with Crippen LogP contribution in [-0.2, 0) is 43.0 Å². The van der Waals surface area contributed by atoms with Gasteiger partial charge in [0.1, 0.15) is 36.1 Å². The minimum Gasteiger partial charge on any atom is -0.507 e. The molecule has 2 atom stereocenters. The van der Waals surface area contributed by atoms with Crippen LogP contribution in [0.3, 0.4) is 0 Å². The zero-order chi connectivity index (χ0) is 27.8. The van der Waals surface area contributed by atoms with Gasteiger partial charge < -0.3 is 28.7 Å². The molecule has 0 aromatic heterocycles. The van der Waals surface area contributed by atoms with Crippen LogP contribution in [0.15, 0.2) is 42.0 Å². The number of hydrogen-bond donors (Lipinski definition) is 1. The Morgan fingerprint density at radius 1 is 1.24 bits per heavy atom. The molecule has 1 aliphatic rings.